The summed E-state index contributed by atoms with van der Waals surface area (Å²) < 4.78 is 24.0. The Morgan fingerprint density at radius 2 is 1.85 bits per heavy atom. The molecule has 0 aromatic carbocycles. The first kappa shape index (κ1) is 12.8. The van der Waals surface area contributed by atoms with Gasteiger partial charge in [0.1, 0.15) is 0 Å². The van der Waals surface area contributed by atoms with Crippen molar-refractivity contribution in [1.82, 2.24) is 10.2 Å². The van der Waals surface area contributed by atoms with Crippen molar-refractivity contribution in [3.05, 3.63) is 0 Å². The van der Waals surface area contributed by atoms with Crippen LogP contribution in [-0.4, -0.2) is 44.0 Å². The van der Waals surface area contributed by atoms with E-state index in [0.29, 0.717) is 6.04 Å². The van der Waals surface area contributed by atoms with Crippen molar-refractivity contribution in [2.24, 2.45) is 0 Å². The molecule has 2 nitrogen and oxygen atoms in total. The van der Waals surface area contributed by atoms with Gasteiger partial charge in [-0.25, -0.2) is 8.78 Å². The molecule has 1 N–H and O–H groups in total. The second-order valence-electron chi connectivity index (χ2n) is 3.61. The largest absolute Gasteiger partial charge is 0.317 e. The summed E-state index contributed by atoms with van der Waals surface area (Å²) in [7, 11) is 3.61. The topological polar surface area (TPSA) is 15.3 Å². The Morgan fingerprint density at radius 1 is 1.31 bits per heavy atom. The molecule has 0 aliphatic heterocycles. The van der Waals surface area contributed by atoms with E-state index in [1.54, 1.807) is 11.9 Å². The minimum Gasteiger partial charge on any atom is -0.317 e. The molecule has 0 bridgehead atoms. The first-order valence-corrected chi connectivity index (χ1v) is 4.63. The normalized spacial score (nSPS) is 16.6. The van der Waals surface area contributed by atoms with Crippen molar-refractivity contribution in [3.63, 3.8) is 0 Å². The highest BCUT2D eigenvalue weighted by atomic mass is 19.3. The molecule has 0 radical (unpaired) electrons. The molecule has 0 rings (SSSR count). The van der Waals surface area contributed by atoms with Gasteiger partial charge in [0.05, 0.1) is 6.54 Å². The van der Waals surface area contributed by atoms with Gasteiger partial charge in [-0.3, -0.25) is 4.90 Å². The number of halogens is 2. The maximum Gasteiger partial charge on any atom is 0.251 e. The van der Waals surface area contributed by atoms with Gasteiger partial charge in [0.25, 0.3) is 6.43 Å². The van der Waals surface area contributed by atoms with E-state index in [9.17, 15) is 8.78 Å². The maximum absolute atomic E-state index is 12.0. The van der Waals surface area contributed by atoms with E-state index in [2.05, 4.69) is 5.32 Å². The lowest BCUT2D eigenvalue weighted by Gasteiger charge is -2.26. The molecular weight excluding hydrogens is 174 g/mol. The van der Waals surface area contributed by atoms with E-state index in [1.165, 1.54) is 0 Å². The average molecular weight is 194 g/mol. The standard InChI is InChI=1S/C9H20F2N2/c1-7(12-3)5-8(2)13(4)6-9(10)11/h7-9,12H,5-6H2,1-4H3. The molecule has 13 heavy (non-hydrogen) atoms. The number of nitrogens with one attached hydrogen (secondary N) is 1. The molecule has 0 saturated carbocycles. The van der Waals surface area contributed by atoms with E-state index < -0.39 is 6.43 Å². The first-order valence-electron chi connectivity index (χ1n) is 4.63. The van der Waals surface area contributed by atoms with Crippen LogP contribution >= 0.6 is 0 Å². The predicted molar refractivity (Wildman–Crippen MR) is 51.2 cm³/mol. The van der Waals surface area contributed by atoms with Crippen LogP contribution in [0.5, 0.6) is 0 Å². The average Bonchev–Trinajstić information content (AvgIpc) is 2.02. The van der Waals surface area contributed by atoms with E-state index in [4.69, 9.17) is 0 Å². The van der Waals surface area contributed by atoms with E-state index in [-0.39, 0.29) is 12.6 Å². The van der Waals surface area contributed by atoms with Crippen LogP contribution < -0.4 is 5.32 Å². The van der Waals surface area contributed by atoms with Crippen LogP contribution in [0.4, 0.5) is 8.78 Å². The van der Waals surface area contributed by atoms with Crippen LogP contribution in [0.15, 0.2) is 0 Å². The molecule has 2 atom stereocenters. The van der Waals surface area contributed by atoms with Gasteiger partial charge < -0.3 is 5.32 Å². The van der Waals surface area contributed by atoms with Gasteiger partial charge >= 0.3 is 0 Å². The van der Waals surface area contributed by atoms with Crippen molar-refractivity contribution >= 4 is 0 Å². The number of alkyl halides is 2. The van der Waals surface area contributed by atoms with Crippen molar-refractivity contribution in [1.29, 1.82) is 0 Å². The van der Waals surface area contributed by atoms with Gasteiger partial charge in [-0.2, -0.15) is 0 Å². The zero-order chi connectivity index (χ0) is 10.4. The Bertz CT molecular complexity index is 131. The highest BCUT2D eigenvalue weighted by Crippen LogP contribution is 2.06. The Kier molecular flexibility index (Phi) is 6.16. The summed E-state index contributed by atoms with van der Waals surface area (Å²) in [5.74, 6) is 0. The van der Waals surface area contributed by atoms with E-state index >= 15 is 0 Å². The summed E-state index contributed by atoms with van der Waals surface area (Å²) in [6, 6.07) is 0.562. The third-order valence-corrected chi connectivity index (χ3v) is 2.37. The lowest BCUT2D eigenvalue weighted by molar-refractivity contribution is 0.0805. The van der Waals surface area contributed by atoms with Gasteiger partial charge in [0.2, 0.25) is 0 Å². The van der Waals surface area contributed by atoms with Crippen LogP contribution in [0.1, 0.15) is 20.3 Å². The molecule has 0 aromatic rings. The van der Waals surface area contributed by atoms with Crippen molar-refractivity contribution in [3.8, 4) is 0 Å². The Morgan fingerprint density at radius 3 is 2.23 bits per heavy atom. The zero-order valence-corrected chi connectivity index (χ0v) is 8.85. The predicted octanol–water partition coefficient (Wildman–Crippen LogP) is 1.57. The SMILES string of the molecule is CNC(C)CC(C)N(C)CC(F)F. The Hall–Kier alpha value is -0.220. The van der Waals surface area contributed by atoms with Gasteiger partial charge in [-0.05, 0) is 34.4 Å². The second kappa shape index (κ2) is 6.27. The maximum atomic E-state index is 12.0. The van der Waals surface area contributed by atoms with Gasteiger partial charge in [0, 0.05) is 12.1 Å². The number of hydrogen-bond donors (Lipinski definition) is 1. The monoisotopic (exact) mass is 194 g/mol. The number of rotatable bonds is 6. The van der Waals surface area contributed by atoms with Gasteiger partial charge in [-0.15, -0.1) is 0 Å². The fourth-order valence-electron chi connectivity index (χ4n) is 1.21. The first-order chi connectivity index (χ1) is 5.97. The lowest BCUT2D eigenvalue weighted by Crippen LogP contribution is -2.37. The molecule has 2 unspecified atom stereocenters. The molecule has 0 fully saturated rings. The van der Waals surface area contributed by atoms with Crippen LogP contribution in [0.25, 0.3) is 0 Å². The van der Waals surface area contributed by atoms with E-state index in [1.807, 2.05) is 20.9 Å². The third-order valence-electron chi connectivity index (χ3n) is 2.37. The quantitative estimate of drug-likeness (QED) is 0.690. The molecule has 0 saturated heterocycles. The Balaban J connectivity index is 3.74. The van der Waals surface area contributed by atoms with Gasteiger partial charge in [0.15, 0.2) is 0 Å². The highest BCUT2D eigenvalue weighted by Gasteiger charge is 2.15. The van der Waals surface area contributed by atoms with Crippen molar-refractivity contribution < 1.29 is 8.78 Å². The molecule has 0 spiro atoms. The minimum absolute atomic E-state index is 0.141. The smallest absolute Gasteiger partial charge is 0.251 e. The van der Waals surface area contributed by atoms with Gasteiger partial charge in [-0.1, -0.05) is 0 Å². The second-order valence-corrected chi connectivity index (χ2v) is 3.61. The number of hydrogen-bond acceptors (Lipinski definition) is 2. The molecule has 0 heterocycles. The van der Waals surface area contributed by atoms with Crippen LogP contribution in [0, 0.1) is 0 Å². The molecule has 0 aliphatic rings. The summed E-state index contributed by atoms with van der Waals surface area (Å²) >= 11 is 0. The van der Waals surface area contributed by atoms with Crippen molar-refractivity contribution in [2.45, 2.75) is 38.8 Å². The van der Waals surface area contributed by atoms with Crippen LogP contribution in [-0.2, 0) is 0 Å². The summed E-state index contributed by atoms with van der Waals surface area (Å²) in [6.07, 6.45) is -1.35. The molecule has 4 heteroatoms. The van der Waals surface area contributed by atoms with Crippen molar-refractivity contribution in [2.75, 3.05) is 20.6 Å². The zero-order valence-electron chi connectivity index (χ0n) is 8.85. The molecule has 0 aromatic heterocycles. The summed E-state index contributed by atoms with van der Waals surface area (Å²) in [6.45, 7) is 3.88. The third kappa shape index (κ3) is 5.93. The van der Waals surface area contributed by atoms with Crippen LogP contribution in [0.2, 0.25) is 0 Å². The minimum atomic E-state index is -2.24. The summed E-state index contributed by atoms with van der Waals surface area (Å²) in [5.41, 5.74) is 0. The molecule has 0 aliphatic carbocycles. The molecular formula is C9H20F2N2. The molecule has 0 amide bonds. The Labute approximate surface area is 79.3 Å². The lowest BCUT2D eigenvalue weighted by atomic mass is 10.1. The molecule has 80 valence electrons. The fraction of sp³-hybridized carbons (Fsp3) is 1.00. The van der Waals surface area contributed by atoms with Crippen LogP contribution in [0.3, 0.4) is 0 Å². The highest BCUT2D eigenvalue weighted by molar-refractivity contribution is 4.70. The fourth-order valence-corrected chi connectivity index (χ4v) is 1.21. The number of nitrogens with zero attached hydrogens (tertiary/aromatic N) is 1. The van der Waals surface area contributed by atoms with E-state index in [0.717, 1.165) is 6.42 Å². The summed E-state index contributed by atoms with van der Waals surface area (Å²) in [4.78, 5) is 1.69. The summed E-state index contributed by atoms with van der Waals surface area (Å²) in [5, 5.41) is 3.09.